The highest BCUT2D eigenvalue weighted by molar-refractivity contribution is 7.11. The summed E-state index contributed by atoms with van der Waals surface area (Å²) in [5.41, 5.74) is 0.920. The van der Waals surface area contributed by atoms with Crippen LogP contribution in [0.15, 0.2) is 28.5 Å². The normalized spacial score (nSPS) is 18.1. The number of hydrogen-bond donors (Lipinski definition) is 1. The van der Waals surface area contributed by atoms with Crippen LogP contribution in [0.1, 0.15) is 34.5 Å². The summed E-state index contributed by atoms with van der Waals surface area (Å²) in [6.45, 7) is 0. The summed E-state index contributed by atoms with van der Waals surface area (Å²) in [7, 11) is 0. The lowest BCUT2D eigenvalue weighted by atomic mass is 9.96. The molecule has 1 N–H and O–H groups in total. The number of rotatable bonds is 3. The molecule has 0 atom stereocenters. The van der Waals surface area contributed by atoms with Gasteiger partial charge in [-0.05, 0) is 30.4 Å². The smallest absolute Gasteiger partial charge is 0.287 e. The lowest BCUT2D eigenvalue weighted by Crippen LogP contribution is -2.10. The van der Waals surface area contributed by atoms with E-state index in [-0.39, 0.29) is 17.9 Å². The average Bonchev–Trinajstić information content (AvgIpc) is 2.78. The molecule has 94 valence electrons. The number of nitrogens with zero attached hydrogens (tertiary/aromatic N) is 1. The molecule has 0 aromatic carbocycles. The zero-order valence-electron chi connectivity index (χ0n) is 9.46. The third-order valence-corrected chi connectivity index (χ3v) is 3.70. The molecule has 0 aliphatic heterocycles. The van der Waals surface area contributed by atoms with Gasteiger partial charge < -0.3 is 5.11 Å². The highest BCUT2D eigenvalue weighted by atomic mass is 32.1. The molecule has 0 radical (unpaired) electrons. The number of carbonyl (C=O) groups is 1. The molecule has 1 aliphatic carbocycles. The van der Waals surface area contributed by atoms with E-state index in [0.29, 0.717) is 24.0 Å². The molecule has 1 aromatic rings. The number of carbonyl (C=O) groups excluding carboxylic acids is 1. The van der Waals surface area contributed by atoms with Gasteiger partial charge >= 0.3 is 0 Å². The number of thiophene rings is 1. The van der Waals surface area contributed by atoms with Crippen LogP contribution >= 0.6 is 11.3 Å². The van der Waals surface area contributed by atoms with E-state index in [4.69, 9.17) is 0 Å². The molecule has 6 heteroatoms. The van der Waals surface area contributed by atoms with Gasteiger partial charge in [0.2, 0.25) is 0 Å². The molecule has 18 heavy (non-hydrogen) atoms. The maximum absolute atomic E-state index is 10.8. The van der Waals surface area contributed by atoms with Crippen LogP contribution in [0.3, 0.4) is 0 Å². The summed E-state index contributed by atoms with van der Waals surface area (Å²) in [4.78, 5) is 21.7. The van der Waals surface area contributed by atoms with E-state index in [0.717, 1.165) is 11.2 Å². The monoisotopic (exact) mass is 265 g/mol. The number of allylic oxidation sites excluding steroid dienone is 2. The number of hydrogen-bond acceptors (Lipinski definition) is 5. The van der Waals surface area contributed by atoms with Crippen molar-refractivity contribution in [3.63, 3.8) is 0 Å². The van der Waals surface area contributed by atoms with Gasteiger partial charge in [-0.25, -0.2) is 0 Å². The Labute approximate surface area is 107 Å². The Hall–Kier alpha value is -1.95. The van der Waals surface area contributed by atoms with Gasteiger partial charge in [0.1, 0.15) is 0 Å². The third-order valence-electron chi connectivity index (χ3n) is 2.82. The third kappa shape index (κ3) is 2.33. The molecule has 1 aromatic heterocycles. The first-order valence-corrected chi connectivity index (χ1v) is 6.31. The van der Waals surface area contributed by atoms with E-state index in [9.17, 15) is 20.0 Å². The van der Waals surface area contributed by atoms with E-state index >= 15 is 0 Å². The molecule has 1 heterocycles. The SMILES string of the molecule is O=Cc1ccsc1/C=C1\CCCC([N+](=O)[O-])=C1O. The fourth-order valence-corrected chi connectivity index (χ4v) is 2.71. The van der Waals surface area contributed by atoms with Gasteiger partial charge in [0.25, 0.3) is 5.70 Å². The van der Waals surface area contributed by atoms with Crippen molar-refractivity contribution >= 4 is 23.7 Å². The second kappa shape index (κ2) is 5.14. The molecule has 1 aliphatic rings. The van der Waals surface area contributed by atoms with Crippen molar-refractivity contribution in [1.82, 2.24) is 0 Å². The summed E-state index contributed by atoms with van der Waals surface area (Å²) < 4.78 is 0. The standard InChI is InChI=1S/C12H11NO4S/c14-7-9-4-5-18-11(9)6-8-2-1-3-10(12(8)15)13(16)17/h4-7,15H,1-3H2/b8-6+. The largest absolute Gasteiger partial charge is 0.502 e. The molecule has 0 saturated carbocycles. The van der Waals surface area contributed by atoms with Gasteiger partial charge in [-0.15, -0.1) is 11.3 Å². The molecule has 0 saturated heterocycles. The quantitative estimate of drug-likeness (QED) is 0.517. The topological polar surface area (TPSA) is 80.4 Å². The molecule has 0 unspecified atom stereocenters. The van der Waals surface area contributed by atoms with Gasteiger partial charge in [0.05, 0.1) is 4.92 Å². The van der Waals surface area contributed by atoms with Crippen LogP contribution in [0.2, 0.25) is 0 Å². The van der Waals surface area contributed by atoms with Crippen LogP contribution in [-0.2, 0) is 0 Å². The van der Waals surface area contributed by atoms with Crippen molar-refractivity contribution in [2.45, 2.75) is 19.3 Å². The fraction of sp³-hybridized carbons (Fsp3) is 0.250. The van der Waals surface area contributed by atoms with Crippen LogP contribution < -0.4 is 0 Å². The van der Waals surface area contributed by atoms with E-state index in [2.05, 4.69) is 0 Å². The van der Waals surface area contributed by atoms with Crippen LogP contribution in [0.4, 0.5) is 0 Å². The summed E-state index contributed by atoms with van der Waals surface area (Å²) in [5, 5.41) is 22.4. The molecular formula is C12H11NO4S. The Morgan fingerprint density at radius 2 is 2.22 bits per heavy atom. The number of aldehydes is 1. The van der Waals surface area contributed by atoms with Crippen molar-refractivity contribution in [2.24, 2.45) is 0 Å². The minimum Gasteiger partial charge on any atom is -0.502 e. The Morgan fingerprint density at radius 3 is 2.89 bits per heavy atom. The molecule has 0 spiro atoms. The van der Waals surface area contributed by atoms with E-state index in [1.165, 1.54) is 11.3 Å². The number of aliphatic hydroxyl groups excluding tert-OH is 1. The van der Waals surface area contributed by atoms with Crippen molar-refractivity contribution in [2.75, 3.05) is 0 Å². The Bertz CT molecular complexity index is 556. The van der Waals surface area contributed by atoms with Crippen molar-refractivity contribution in [1.29, 1.82) is 0 Å². The molecule has 0 fully saturated rings. The summed E-state index contributed by atoms with van der Waals surface area (Å²) in [6.07, 6.45) is 3.89. The van der Waals surface area contributed by atoms with Gasteiger partial charge in [-0.3, -0.25) is 14.9 Å². The Balaban J connectivity index is 2.42. The lowest BCUT2D eigenvalue weighted by molar-refractivity contribution is -0.431. The Kier molecular flexibility index (Phi) is 3.57. The van der Waals surface area contributed by atoms with Crippen LogP contribution in [0.25, 0.3) is 6.08 Å². The Morgan fingerprint density at radius 1 is 1.44 bits per heavy atom. The van der Waals surface area contributed by atoms with E-state index in [1.54, 1.807) is 17.5 Å². The first-order valence-electron chi connectivity index (χ1n) is 5.43. The summed E-state index contributed by atoms with van der Waals surface area (Å²) >= 11 is 1.37. The zero-order valence-corrected chi connectivity index (χ0v) is 10.3. The highest BCUT2D eigenvalue weighted by Gasteiger charge is 2.25. The molecule has 2 rings (SSSR count). The van der Waals surface area contributed by atoms with Crippen LogP contribution in [0, 0.1) is 10.1 Å². The van der Waals surface area contributed by atoms with Crippen molar-refractivity contribution in [3.05, 3.63) is 49.0 Å². The van der Waals surface area contributed by atoms with E-state index < -0.39 is 4.92 Å². The van der Waals surface area contributed by atoms with Crippen molar-refractivity contribution < 1.29 is 14.8 Å². The first-order chi connectivity index (χ1) is 8.63. The van der Waals surface area contributed by atoms with Gasteiger partial charge in [0, 0.05) is 22.4 Å². The minimum absolute atomic E-state index is 0.142. The maximum Gasteiger partial charge on any atom is 0.287 e. The van der Waals surface area contributed by atoms with Gasteiger partial charge in [-0.2, -0.15) is 0 Å². The van der Waals surface area contributed by atoms with Crippen LogP contribution in [0.5, 0.6) is 0 Å². The van der Waals surface area contributed by atoms with E-state index in [1.807, 2.05) is 0 Å². The summed E-state index contributed by atoms with van der Waals surface area (Å²) in [6, 6.07) is 1.68. The first kappa shape index (κ1) is 12.5. The fourth-order valence-electron chi connectivity index (χ4n) is 1.89. The molecule has 0 bridgehead atoms. The number of aliphatic hydroxyl groups is 1. The van der Waals surface area contributed by atoms with Crippen molar-refractivity contribution in [3.8, 4) is 0 Å². The number of nitro groups is 1. The second-order valence-corrected chi connectivity index (χ2v) is 4.88. The molecule has 5 nitrogen and oxygen atoms in total. The van der Waals surface area contributed by atoms with Crippen LogP contribution in [-0.4, -0.2) is 16.3 Å². The minimum atomic E-state index is -0.544. The predicted octanol–water partition coefficient (Wildman–Crippen LogP) is 3.17. The molecule has 0 amide bonds. The maximum atomic E-state index is 10.8. The van der Waals surface area contributed by atoms with Gasteiger partial charge in [-0.1, -0.05) is 0 Å². The predicted molar refractivity (Wildman–Crippen MR) is 68.2 cm³/mol. The molecular weight excluding hydrogens is 254 g/mol. The van der Waals surface area contributed by atoms with Gasteiger partial charge in [0.15, 0.2) is 12.0 Å². The highest BCUT2D eigenvalue weighted by Crippen LogP contribution is 2.31. The zero-order chi connectivity index (χ0) is 13.1. The summed E-state index contributed by atoms with van der Waals surface area (Å²) in [5.74, 6) is -0.253. The second-order valence-electron chi connectivity index (χ2n) is 3.93. The lowest BCUT2D eigenvalue weighted by Gasteiger charge is -2.12. The average molecular weight is 265 g/mol.